The number of amides is 3. The highest BCUT2D eigenvalue weighted by atomic mass is 16.7. The number of hydroxylamine groups is 1. The number of aliphatic carboxylic acids is 1. The van der Waals surface area contributed by atoms with Crippen molar-refractivity contribution < 1.29 is 24.3 Å². The highest BCUT2D eigenvalue weighted by molar-refractivity contribution is 5.74. The molecule has 8 heteroatoms. The Labute approximate surface area is 111 Å². The molecule has 1 saturated heterocycles. The van der Waals surface area contributed by atoms with Crippen LogP contribution < -0.4 is 10.8 Å². The van der Waals surface area contributed by atoms with Crippen molar-refractivity contribution in [1.29, 1.82) is 0 Å². The third-order valence-corrected chi connectivity index (χ3v) is 2.90. The van der Waals surface area contributed by atoms with Crippen LogP contribution in [0.25, 0.3) is 0 Å². The standard InChI is InChI=1S/C11H19N3O5/c1-8(15)12-6-9-2-4-14(5-3-9)11(18)13-19-7-10(16)17/h9H,2-7H2,1H3,(H,12,15)(H,13,18)(H,16,17). The zero-order valence-electron chi connectivity index (χ0n) is 10.8. The molecule has 0 aromatic rings. The van der Waals surface area contributed by atoms with Crippen molar-refractivity contribution in [3.63, 3.8) is 0 Å². The summed E-state index contributed by atoms with van der Waals surface area (Å²) >= 11 is 0. The van der Waals surface area contributed by atoms with Gasteiger partial charge in [0.1, 0.15) is 0 Å². The lowest BCUT2D eigenvalue weighted by molar-refractivity contribution is -0.144. The Morgan fingerprint density at radius 3 is 2.47 bits per heavy atom. The molecule has 0 aliphatic carbocycles. The van der Waals surface area contributed by atoms with Gasteiger partial charge in [-0.25, -0.2) is 15.1 Å². The summed E-state index contributed by atoms with van der Waals surface area (Å²) in [6.45, 7) is 2.66. The smallest absolute Gasteiger partial charge is 0.341 e. The lowest BCUT2D eigenvalue weighted by Gasteiger charge is -2.31. The van der Waals surface area contributed by atoms with E-state index in [0.29, 0.717) is 25.6 Å². The van der Waals surface area contributed by atoms with E-state index in [-0.39, 0.29) is 5.91 Å². The van der Waals surface area contributed by atoms with Crippen LogP contribution in [0.1, 0.15) is 19.8 Å². The summed E-state index contributed by atoms with van der Waals surface area (Å²) in [4.78, 5) is 38.6. The van der Waals surface area contributed by atoms with Crippen LogP contribution in [-0.2, 0) is 14.4 Å². The van der Waals surface area contributed by atoms with Crippen molar-refractivity contribution >= 4 is 17.9 Å². The molecule has 1 heterocycles. The Hall–Kier alpha value is -1.83. The topological polar surface area (TPSA) is 108 Å². The molecule has 3 amide bonds. The molecule has 0 saturated carbocycles. The summed E-state index contributed by atoms with van der Waals surface area (Å²) in [6, 6.07) is -0.431. The number of likely N-dealkylation sites (tertiary alicyclic amines) is 1. The normalized spacial score (nSPS) is 15.9. The van der Waals surface area contributed by atoms with Crippen molar-refractivity contribution in [2.75, 3.05) is 26.2 Å². The first kappa shape index (κ1) is 15.2. The highest BCUT2D eigenvalue weighted by Gasteiger charge is 2.22. The second kappa shape index (κ2) is 7.57. The van der Waals surface area contributed by atoms with Gasteiger partial charge >= 0.3 is 12.0 Å². The second-order valence-electron chi connectivity index (χ2n) is 4.46. The van der Waals surface area contributed by atoms with Gasteiger partial charge in [-0.1, -0.05) is 0 Å². The first-order chi connectivity index (χ1) is 8.99. The van der Waals surface area contributed by atoms with Gasteiger partial charge in [0, 0.05) is 26.6 Å². The number of rotatable bonds is 5. The maximum atomic E-state index is 11.6. The van der Waals surface area contributed by atoms with Gasteiger partial charge in [-0.15, -0.1) is 0 Å². The lowest BCUT2D eigenvalue weighted by Crippen LogP contribution is -2.46. The van der Waals surface area contributed by atoms with Crippen molar-refractivity contribution in [2.24, 2.45) is 5.92 Å². The minimum Gasteiger partial charge on any atom is -0.479 e. The molecule has 0 aromatic heterocycles. The van der Waals surface area contributed by atoms with E-state index in [1.165, 1.54) is 6.92 Å². The molecule has 0 radical (unpaired) electrons. The fourth-order valence-corrected chi connectivity index (χ4v) is 1.85. The van der Waals surface area contributed by atoms with E-state index in [4.69, 9.17) is 5.11 Å². The van der Waals surface area contributed by atoms with Crippen molar-refractivity contribution in [2.45, 2.75) is 19.8 Å². The van der Waals surface area contributed by atoms with E-state index in [9.17, 15) is 14.4 Å². The van der Waals surface area contributed by atoms with Gasteiger partial charge < -0.3 is 15.3 Å². The molecule has 3 N–H and O–H groups in total. The number of nitrogens with zero attached hydrogens (tertiary/aromatic N) is 1. The maximum absolute atomic E-state index is 11.6. The van der Waals surface area contributed by atoms with Gasteiger partial charge in [-0.05, 0) is 18.8 Å². The van der Waals surface area contributed by atoms with Crippen LogP contribution in [0.15, 0.2) is 0 Å². The van der Waals surface area contributed by atoms with Gasteiger partial charge in [0.25, 0.3) is 0 Å². The molecule has 19 heavy (non-hydrogen) atoms. The monoisotopic (exact) mass is 273 g/mol. The SMILES string of the molecule is CC(=O)NCC1CCN(C(=O)NOCC(=O)O)CC1. The zero-order chi connectivity index (χ0) is 14.3. The van der Waals surface area contributed by atoms with Crippen molar-refractivity contribution in [3.05, 3.63) is 0 Å². The van der Waals surface area contributed by atoms with Gasteiger partial charge in [-0.3, -0.25) is 9.63 Å². The summed E-state index contributed by atoms with van der Waals surface area (Å²) in [5.41, 5.74) is 2.09. The van der Waals surface area contributed by atoms with Gasteiger partial charge in [0.15, 0.2) is 6.61 Å². The predicted molar refractivity (Wildman–Crippen MR) is 65.1 cm³/mol. The van der Waals surface area contributed by atoms with Crippen LogP contribution in [0.3, 0.4) is 0 Å². The Morgan fingerprint density at radius 1 is 1.32 bits per heavy atom. The number of carbonyl (C=O) groups excluding carboxylic acids is 2. The number of piperidine rings is 1. The van der Waals surface area contributed by atoms with Crippen LogP contribution >= 0.6 is 0 Å². The molecule has 0 spiro atoms. The summed E-state index contributed by atoms with van der Waals surface area (Å²) in [6.07, 6.45) is 1.60. The number of carbonyl (C=O) groups is 3. The summed E-state index contributed by atoms with van der Waals surface area (Å²) in [5, 5.41) is 11.1. The molecule has 0 unspecified atom stereocenters. The Morgan fingerprint density at radius 2 is 1.95 bits per heavy atom. The number of carboxylic acid groups (broad SMARTS) is 1. The summed E-state index contributed by atoms with van der Waals surface area (Å²) in [7, 11) is 0. The third-order valence-electron chi connectivity index (χ3n) is 2.90. The van der Waals surface area contributed by atoms with E-state index >= 15 is 0 Å². The molecule has 0 bridgehead atoms. The third kappa shape index (κ3) is 6.05. The molecule has 8 nitrogen and oxygen atoms in total. The molecule has 1 rings (SSSR count). The second-order valence-corrected chi connectivity index (χ2v) is 4.46. The molecule has 0 atom stereocenters. The van der Waals surface area contributed by atoms with Gasteiger partial charge in [0.05, 0.1) is 0 Å². The fraction of sp³-hybridized carbons (Fsp3) is 0.727. The van der Waals surface area contributed by atoms with E-state index in [2.05, 4.69) is 15.6 Å². The number of carboxylic acids is 1. The van der Waals surface area contributed by atoms with Gasteiger partial charge in [0.2, 0.25) is 5.91 Å². The minimum atomic E-state index is -1.14. The average Bonchev–Trinajstić information content (AvgIpc) is 2.36. The quantitative estimate of drug-likeness (QED) is 0.588. The van der Waals surface area contributed by atoms with Crippen LogP contribution in [-0.4, -0.2) is 54.2 Å². The number of hydrogen-bond donors (Lipinski definition) is 3. The minimum absolute atomic E-state index is 0.0535. The Bertz CT molecular complexity index is 339. The average molecular weight is 273 g/mol. The maximum Gasteiger partial charge on any atom is 0.341 e. The molecular weight excluding hydrogens is 254 g/mol. The van der Waals surface area contributed by atoms with Crippen LogP contribution in [0.5, 0.6) is 0 Å². The zero-order valence-corrected chi connectivity index (χ0v) is 10.8. The van der Waals surface area contributed by atoms with E-state index in [0.717, 1.165) is 12.8 Å². The number of hydrogen-bond acceptors (Lipinski definition) is 4. The lowest BCUT2D eigenvalue weighted by atomic mass is 9.97. The Kier molecular flexibility index (Phi) is 6.07. The molecule has 1 fully saturated rings. The summed E-state index contributed by atoms with van der Waals surface area (Å²) < 4.78 is 0. The first-order valence-corrected chi connectivity index (χ1v) is 6.12. The van der Waals surface area contributed by atoms with Crippen LogP contribution in [0.2, 0.25) is 0 Å². The summed E-state index contributed by atoms with van der Waals surface area (Å²) in [5.74, 6) is -0.829. The number of urea groups is 1. The van der Waals surface area contributed by atoms with E-state index < -0.39 is 18.6 Å². The molecular formula is C11H19N3O5. The van der Waals surface area contributed by atoms with E-state index in [1.807, 2.05) is 0 Å². The van der Waals surface area contributed by atoms with Crippen molar-refractivity contribution in [1.82, 2.24) is 15.7 Å². The van der Waals surface area contributed by atoms with Crippen molar-refractivity contribution in [3.8, 4) is 0 Å². The molecule has 0 aromatic carbocycles. The fourth-order valence-electron chi connectivity index (χ4n) is 1.85. The van der Waals surface area contributed by atoms with Crippen LogP contribution in [0.4, 0.5) is 4.79 Å². The number of nitrogens with one attached hydrogen (secondary N) is 2. The first-order valence-electron chi connectivity index (χ1n) is 6.12. The predicted octanol–water partition coefficient (Wildman–Crippen LogP) is -0.440. The molecule has 1 aliphatic rings. The largest absolute Gasteiger partial charge is 0.479 e. The van der Waals surface area contributed by atoms with E-state index in [1.54, 1.807) is 4.90 Å². The molecule has 1 aliphatic heterocycles. The highest BCUT2D eigenvalue weighted by Crippen LogP contribution is 2.16. The Balaban J connectivity index is 2.19. The molecule has 108 valence electrons. The van der Waals surface area contributed by atoms with Crippen LogP contribution in [0, 0.1) is 5.92 Å². The van der Waals surface area contributed by atoms with Gasteiger partial charge in [-0.2, -0.15) is 0 Å².